The standard InChI is InChI=1S/C16H9N5O8S/c22-15(23)11-5-9(20(26)27)7-13(21(28)29)10(11)3-4-18-14-6-8(19(24)25)1-2-12(14)17-16(18)30/h1-7H,(H,17,30)(H,22,23)/b4-3+. The number of non-ortho nitro benzene ring substituents is 2. The van der Waals surface area contributed by atoms with Crippen LogP contribution in [0.2, 0.25) is 0 Å². The number of nitrogens with one attached hydrogen (secondary N) is 1. The van der Waals surface area contributed by atoms with E-state index in [1.807, 2.05) is 0 Å². The molecule has 0 aliphatic heterocycles. The number of H-pyrrole nitrogens is 1. The quantitative estimate of drug-likeness (QED) is 0.333. The van der Waals surface area contributed by atoms with Gasteiger partial charge in [-0.05, 0) is 24.4 Å². The molecule has 3 rings (SSSR count). The van der Waals surface area contributed by atoms with Crippen LogP contribution in [0.4, 0.5) is 17.1 Å². The van der Waals surface area contributed by atoms with Gasteiger partial charge in [-0.1, -0.05) is 0 Å². The van der Waals surface area contributed by atoms with Crippen molar-refractivity contribution in [1.29, 1.82) is 0 Å². The summed E-state index contributed by atoms with van der Waals surface area (Å²) in [6, 6.07) is 5.24. The lowest BCUT2D eigenvalue weighted by Crippen LogP contribution is -2.05. The van der Waals surface area contributed by atoms with E-state index in [1.165, 1.54) is 29.0 Å². The minimum Gasteiger partial charge on any atom is -0.478 e. The third-order valence-corrected chi connectivity index (χ3v) is 4.38. The zero-order valence-electron chi connectivity index (χ0n) is 14.5. The van der Waals surface area contributed by atoms with Crippen LogP contribution in [0.25, 0.3) is 23.3 Å². The Hall–Kier alpha value is -4.46. The Morgan fingerprint density at radius 1 is 1.03 bits per heavy atom. The summed E-state index contributed by atoms with van der Waals surface area (Å²) in [6.07, 6.45) is 2.23. The Bertz CT molecular complexity index is 1300. The number of carbonyl (C=O) groups is 1. The molecule has 0 saturated heterocycles. The van der Waals surface area contributed by atoms with Crippen LogP contribution in [0.15, 0.2) is 30.3 Å². The molecular formula is C16H9N5O8S. The molecule has 2 aromatic carbocycles. The SMILES string of the molecule is O=C(O)c1cc([N+](=O)[O-])cc([N+](=O)[O-])c1/C=C/n1c(=S)[nH]c2ccc([N+](=O)[O-])cc21. The van der Waals surface area contributed by atoms with Gasteiger partial charge in [0.25, 0.3) is 17.1 Å². The first-order chi connectivity index (χ1) is 14.1. The van der Waals surface area contributed by atoms with Crippen LogP contribution < -0.4 is 0 Å². The lowest BCUT2D eigenvalue weighted by atomic mass is 10.0. The average Bonchev–Trinajstić information content (AvgIpc) is 2.99. The fraction of sp³-hybridized carbons (Fsp3) is 0. The van der Waals surface area contributed by atoms with Gasteiger partial charge < -0.3 is 10.1 Å². The molecule has 0 saturated carbocycles. The smallest absolute Gasteiger partial charge is 0.336 e. The van der Waals surface area contributed by atoms with E-state index in [2.05, 4.69) is 4.98 Å². The summed E-state index contributed by atoms with van der Waals surface area (Å²) in [5, 5.41) is 42.7. The number of benzene rings is 2. The number of aromatic carboxylic acids is 1. The van der Waals surface area contributed by atoms with Crippen molar-refractivity contribution in [2.24, 2.45) is 0 Å². The fourth-order valence-corrected chi connectivity index (χ4v) is 3.02. The van der Waals surface area contributed by atoms with Crippen molar-refractivity contribution in [1.82, 2.24) is 9.55 Å². The van der Waals surface area contributed by atoms with Crippen LogP contribution in [-0.2, 0) is 0 Å². The van der Waals surface area contributed by atoms with Gasteiger partial charge in [-0.2, -0.15) is 0 Å². The van der Waals surface area contributed by atoms with Gasteiger partial charge in [0.1, 0.15) is 0 Å². The number of aromatic nitrogens is 2. The molecule has 30 heavy (non-hydrogen) atoms. The van der Waals surface area contributed by atoms with Gasteiger partial charge in [0.2, 0.25) is 0 Å². The van der Waals surface area contributed by atoms with Crippen LogP contribution in [0.3, 0.4) is 0 Å². The van der Waals surface area contributed by atoms with Gasteiger partial charge in [0.05, 0.1) is 43.0 Å². The maximum atomic E-state index is 11.5. The highest BCUT2D eigenvalue weighted by Gasteiger charge is 2.26. The summed E-state index contributed by atoms with van der Waals surface area (Å²) in [6.45, 7) is 0. The van der Waals surface area contributed by atoms with Crippen molar-refractivity contribution in [2.75, 3.05) is 0 Å². The predicted molar refractivity (Wildman–Crippen MR) is 106 cm³/mol. The Balaban J connectivity index is 2.25. The van der Waals surface area contributed by atoms with E-state index < -0.39 is 43.2 Å². The summed E-state index contributed by atoms with van der Waals surface area (Å²) in [7, 11) is 0. The Labute approximate surface area is 169 Å². The van der Waals surface area contributed by atoms with Gasteiger partial charge >= 0.3 is 5.97 Å². The van der Waals surface area contributed by atoms with Gasteiger partial charge in [-0.25, -0.2) is 4.79 Å². The molecule has 0 spiro atoms. The highest BCUT2D eigenvalue weighted by atomic mass is 32.1. The number of imidazole rings is 1. The van der Waals surface area contributed by atoms with Crippen LogP contribution in [-0.4, -0.2) is 35.4 Å². The molecule has 2 N–H and O–H groups in total. The van der Waals surface area contributed by atoms with Gasteiger partial charge in [-0.15, -0.1) is 0 Å². The number of hydrogen-bond acceptors (Lipinski definition) is 8. The topological polar surface area (TPSA) is 187 Å². The zero-order chi connectivity index (χ0) is 22.2. The minimum atomic E-state index is -1.61. The van der Waals surface area contributed by atoms with E-state index in [0.717, 1.165) is 6.08 Å². The summed E-state index contributed by atoms with van der Waals surface area (Å²) in [5.41, 5.74) is -2.14. The van der Waals surface area contributed by atoms with E-state index in [0.29, 0.717) is 17.6 Å². The summed E-state index contributed by atoms with van der Waals surface area (Å²) in [4.78, 5) is 45.2. The Morgan fingerprint density at radius 2 is 1.70 bits per heavy atom. The first kappa shape index (κ1) is 20.3. The molecule has 0 aliphatic carbocycles. The molecule has 1 aromatic heterocycles. The van der Waals surface area contributed by atoms with E-state index in [4.69, 9.17) is 12.2 Å². The molecule has 0 radical (unpaired) electrons. The van der Waals surface area contributed by atoms with E-state index >= 15 is 0 Å². The lowest BCUT2D eigenvalue weighted by Gasteiger charge is -2.04. The second-order valence-corrected chi connectivity index (χ2v) is 6.21. The first-order valence-electron chi connectivity index (χ1n) is 7.87. The van der Waals surface area contributed by atoms with Gasteiger partial charge in [0.15, 0.2) is 4.77 Å². The van der Waals surface area contributed by atoms with Crippen LogP contribution in [0, 0.1) is 35.1 Å². The van der Waals surface area contributed by atoms with Crippen molar-refractivity contribution in [3.05, 3.63) is 76.6 Å². The molecule has 0 bridgehead atoms. The number of carboxylic acid groups (broad SMARTS) is 1. The second kappa shape index (κ2) is 7.51. The molecule has 0 atom stereocenters. The molecule has 0 unspecified atom stereocenters. The summed E-state index contributed by atoms with van der Waals surface area (Å²) >= 11 is 5.15. The number of nitro benzene ring substituents is 3. The normalized spacial score (nSPS) is 11.1. The van der Waals surface area contributed by atoms with Gasteiger partial charge in [0, 0.05) is 24.4 Å². The highest BCUT2D eigenvalue weighted by molar-refractivity contribution is 7.71. The molecule has 0 amide bonds. The first-order valence-corrected chi connectivity index (χ1v) is 8.28. The molecule has 152 valence electrons. The zero-order valence-corrected chi connectivity index (χ0v) is 15.4. The van der Waals surface area contributed by atoms with Crippen LogP contribution in [0.1, 0.15) is 15.9 Å². The van der Waals surface area contributed by atoms with Crippen LogP contribution >= 0.6 is 12.2 Å². The van der Waals surface area contributed by atoms with Crippen molar-refractivity contribution in [3.63, 3.8) is 0 Å². The molecule has 0 fully saturated rings. The van der Waals surface area contributed by atoms with Crippen molar-refractivity contribution in [3.8, 4) is 0 Å². The molecule has 0 aliphatic rings. The van der Waals surface area contributed by atoms with E-state index in [9.17, 15) is 40.2 Å². The van der Waals surface area contributed by atoms with Gasteiger partial charge in [-0.3, -0.25) is 34.9 Å². The monoisotopic (exact) mass is 431 g/mol. The largest absolute Gasteiger partial charge is 0.478 e. The molecule has 1 heterocycles. The summed E-state index contributed by atoms with van der Waals surface area (Å²) < 4.78 is 1.34. The minimum absolute atomic E-state index is 0.0863. The molecule has 3 aromatic rings. The Morgan fingerprint density at radius 3 is 2.27 bits per heavy atom. The average molecular weight is 431 g/mol. The number of fused-ring (bicyclic) bond motifs is 1. The van der Waals surface area contributed by atoms with Crippen LogP contribution in [0.5, 0.6) is 0 Å². The predicted octanol–water partition coefficient (Wildman–Crippen LogP) is 3.75. The Kier molecular flexibility index (Phi) is 5.08. The number of nitrogens with zero attached hydrogens (tertiary/aromatic N) is 4. The van der Waals surface area contributed by atoms with Crippen molar-refractivity contribution in [2.45, 2.75) is 0 Å². The fourth-order valence-electron chi connectivity index (χ4n) is 2.75. The van der Waals surface area contributed by atoms with E-state index in [-0.39, 0.29) is 16.0 Å². The summed E-state index contributed by atoms with van der Waals surface area (Å²) in [5.74, 6) is -1.61. The third kappa shape index (κ3) is 3.61. The maximum Gasteiger partial charge on any atom is 0.336 e. The maximum absolute atomic E-state index is 11.5. The number of hydrogen-bond donors (Lipinski definition) is 2. The molecular weight excluding hydrogens is 422 g/mol. The molecule has 13 nitrogen and oxygen atoms in total. The second-order valence-electron chi connectivity index (χ2n) is 5.82. The van der Waals surface area contributed by atoms with Crippen molar-refractivity contribution >= 4 is 58.6 Å². The number of carboxylic acids is 1. The highest BCUT2D eigenvalue weighted by Crippen LogP contribution is 2.31. The lowest BCUT2D eigenvalue weighted by molar-refractivity contribution is -0.394. The molecule has 14 heteroatoms. The number of rotatable bonds is 6. The van der Waals surface area contributed by atoms with Crippen molar-refractivity contribution < 1.29 is 24.7 Å². The van der Waals surface area contributed by atoms with E-state index in [1.54, 1.807) is 0 Å². The number of aromatic amines is 1. The number of nitro groups is 3. The third-order valence-electron chi connectivity index (χ3n) is 4.08.